The van der Waals surface area contributed by atoms with E-state index in [0.717, 1.165) is 18.8 Å². The van der Waals surface area contributed by atoms with Crippen LogP contribution in [0.1, 0.15) is 0 Å². The van der Waals surface area contributed by atoms with Gasteiger partial charge in [-0.15, -0.1) is 0 Å². The summed E-state index contributed by atoms with van der Waals surface area (Å²) in [6.07, 6.45) is 3.78. The zero-order chi connectivity index (χ0) is 17.8. The summed E-state index contributed by atoms with van der Waals surface area (Å²) in [6, 6.07) is 7.06. The van der Waals surface area contributed by atoms with Crippen LogP contribution in [0.25, 0.3) is 0 Å². The smallest absolute Gasteiger partial charge is 0.260 e. The summed E-state index contributed by atoms with van der Waals surface area (Å²) in [5.74, 6) is 0.270. The van der Waals surface area contributed by atoms with Crippen LogP contribution < -0.4 is 14.6 Å². The molecule has 0 spiro atoms. The van der Waals surface area contributed by atoms with E-state index >= 15 is 0 Å². The minimum absolute atomic E-state index is 0.0804. The van der Waals surface area contributed by atoms with Gasteiger partial charge < -0.3 is 14.5 Å². The normalized spacial score (nSPS) is 14.5. The molecular weight excluding hydrogens is 385 g/mol. The molecule has 1 aromatic heterocycles. The Bertz CT molecular complexity index is 750. The van der Waals surface area contributed by atoms with Crippen molar-refractivity contribution in [3.05, 3.63) is 51.7 Å². The highest BCUT2D eigenvalue weighted by atomic mass is 35.5. The molecule has 2 aromatic rings. The molecule has 1 aliphatic heterocycles. The molecule has 25 heavy (non-hydrogen) atoms. The Morgan fingerprint density at radius 2 is 1.64 bits per heavy atom. The lowest BCUT2D eigenvalue weighted by Crippen LogP contribution is -2.50. The fourth-order valence-corrected chi connectivity index (χ4v) is 3.24. The Balaban J connectivity index is 1.52. The lowest BCUT2D eigenvalue weighted by molar-refractivity contribution is -0.377. The highest BCUT2D eigenvalue weighted by Gasteiger charge is 2.22. The number of carbonyl (C=O) groups is 1. The Labute approximate surface area is 161 Å². The second-order valence-electron chi connectivity index (χ2n) is 5.61. The molecule has 3 rings (SSSR count). The van der Waals surface area contributed by atoms with E-state index in [9.17, 15) is 4.79 Å². The number of halogens is 3. The third-order valence-corrected chi connectivity index (χ3v) is 5.04. The zero-order valence-corrected chi connectivity index (χ0v) is 15.6. The molecule has 5 nitrogen and oxygen atoms in total. The van der Waals surface area contributed by atoms with Crippen molar-refractivity contribution in [2.75, 3.05) is 37.7 Å². The molecule has 1 saturated heterocycles. The highest BCUT2D eigenvalue weighted by molar-refractivity contribution is 6.43. The van der Waals surface area contributed by atoms with Gasteiger partial charge in [0.1, 0.15) is 5.75 Å². The number of carbonyl (C=O) groups excluding carboxylic acids is 1. The van der Waals surface area contributed by atoms with Crippen LogP contribution in [-0.2, 0) is 4.79 Å². The Morgan fingerprint density at radius 1 is 1.00 bits per heavy atom. The molecule has 0 atom stereocenters. The monoisotopic (exact) mass is 400 g/mol. The van der Waals surface area contributed by atoms with Gasteiger partial charge in [-0.2, -0.15) is 0 Å². The molecule has 1 aliphatic rings. The van der Waals surface area contributed by atoms with E-state index in [4.69, 9.17) is 39.5 Å². The van der Waals surface area contributed by atoms with Crippen molar-refractivity contribution >= 4 is 46.4 Å². The molecule has 0 unspecified atom stereocenters. The number of anilines is 1. The van der Waals surface area contributed by atoms with Crippen LogP contribution in [0.15, 0.2) is 36.7 Å². The first-order valence-electron chi connectivity index (χ1n) is 7.81. The van der Waals surface area contributed by atoms with Gasteiger partial charge in [-0.3, -0.25) is 4.79 Å². The van der Waals surface area contributed by atoms with Crippen molar-refractivity contribution < 1.29 is 14.5 Å². The van der Waals surface area contributed by atoms with Gasteiger partial charge in [-0.05, 0) is 6.07 Å². The van der Waals surface area contributed by atoms with E-state index in [-0.39, 0.29) is 12.5 Å². The summed E-state index contributed by atoms with van der Waals surface area (Å²) in [6.45, 7) is 2.77. The summed E-state index contributed by atoms with van der Waals surface area (Å²) < 4.78 is 5.52. The Kier molecular flexibility index (Phi) is 5.89. The second-order valence-corrected chi connectivity index (χ2v) is 6.83. The molecule has 0 saturated carbocycles. The predicted octanol–water partition coefficient (Wildman–Crippen LogP) is 3.19. The number of benzene rings is 1. The van der Waals surface area contributed by atoms with Crippen molar-refractivity contribution in [2.45, 2.75) is 0 Å². The molecule has 8 heteroatoms. The fraction of sp³-hybridized carbons (Fsp3) is 0.294. The number of piperazine rings is 1. The minimum Gasteiger partial charge on any atom is -0.482 e. The van der Waals surface area contributed by atoms with E-state index < -0.39 is 0 Å². The third-order valence-electron chi connectivity index (χ3n) is 4.02. The average molecular weight is 402 g/mol. The third kappa shape index (κ3) is 4.48. The predicted molar refractivity (Wildman–Crippen MR) is 98.8 cm³/mol. The van der Waals surface area contributed by atoms with Crippen molar-refractivity contribution in [3.63, 3.8) is 0 Å². The molecule has 1 aromatic carbocycles. The van der Waals surface area contributed by atoms with E-state index in [1.807, 2.05) is 24.5 Å². The van der Waals surface area contributed by atoms with Crippen LogP contribution in [0.5, 0.6) is 5.75 Å². The van der Waals surface area contributed by atoms with Crippen molar-refractivity contribution in [3.8, 4) is 5.75 Å². The number of hydrogen-bond acceptors (Lipinski definition) is 3. The minimum atomic E-state index is -0.0853. The van der Waals surface area contributed by atoms with Crippen LogP contribution in [0, 0.1) is 0 Å². The summed E-state index contributed by atoms with van der Waals surface area (Å²) in [5, 5.41) is 1.01. The Hall–Kier alpha value is -1.69. The van der Waals surface area contributed by atoms with Gasteiger partial charge >= 0.3 is 0 Å². The number of ether oxygens (including phenoxy) is 1. The average Bonchev–Trinajstić information content (AvgIpc) is 2.64. The summed E-state index contributed by atoms with van der Waals surface area (Å²) in [4.78, 5) is 19.4. The maximum absolute atomic E-state index is 12.4. The molecule has 0 aliphatic carbocycles. The number of rotatable bonds is 4. The van der Waals surface area contributed by atoms with Gasteiger partial charge in [0, 0.05) is 50.1 Å². The first-order chi connectivity index (χ1) is 12.0. The lowest BCUT2D eigenvalue weighted by Gasteiger charge is -2.35. The summed E-state index contributed by atoms with van der Waals surface area (Å²) in [5.41, 5.74) is 1.14. The van der Waals surface area contributed by atoms with Crippen LogP contribution >= 0.6 is 34.8 Å². The number of pyridine rings is 1. The van der Waals surface area contributed by atoms with Gasteiger partial charge in [0.15, 0.2) is 19.0 Å². The van der Waals surface area contributed by atoms with Gasteiger partial charge in [0.2, 0.25) is 0 Å². The van der Waals surface area contributed by atoms with Crippen LogP contribution in [0.2, 0.25) is 15.1 Å². The first kappa shape index (κ1) is 18.1. The first-order valence-corrected chi connectivity index (χ1v) is 8.94. The maximum Gasteiger partial charge on any atom is 0.260 e. The van der Waals surface area contributed by atoms with Gasteiger partial charge in [0.25, 0.3) is 5.91 Å². The van der Waals surface area contributed by atoms with E-state index in [0.29, 0.717) is 33.9 Å². The van der Waals surface area contributed by atoms with Gasteiger partial charge in [-0.1, -0.05) is 34.8 Å². The number of H-pyrrole nitrogens is 1. The molecule has 0 bridgehead atoms. The van der Waals surface area contributed by atoms with Crippen LogP contribution in [0.3, 0.4) is 0 Å². The van der Waals surface area contributed by atoms with Gasteiger partial charge in [-0.25, -0.2) is 4.98 Å². The molecule has 1 amide bonds. The topological polar surface area (TPSA) is 46.9 Å². The number of amides is 1. The number of aromatic amines is 1. The lowest BCUT2D eigenvalue weighted by atomic mass is 10.2. The fourth-order valence-electron chi connectivity index (χ4n) is 2.65. The van der Waals surface area contributed by atoms with Crippen molar-refractivity contribution in [2.24, 2.45) is 0 Å². The largest absolute Gasteiger partial charge is 0.482 e. The SMILES string of the molecule is O=C(COc1cc(Cl)c(Cl)cc1Cl)N1CCN(c2cc[nH+]cc2)CC1. The highest BCUT2D eigenvalue weighted by Crippen LogP contribution is 2.33. The number of hydrogen-bond donors (Lipinski definition) is 0. The molecule has 0 radical (unpaired) electrons. The maximum atomic E-state index is 12.4. The van der Waals surface area contributed by atoms with E-state index in [1.165, 1.54) is 12.1 Å². The summed E-state index contributed by atoms with van der Waals surface area (Å²) in [7, 11) is 0. The number of nitrogens with zero attached hydrogens (tertiary/aromatic N) is 2. The zero-order valence-electron chi connectivity index (χ0n) is 13.3. The van der Waals surface area contributed by atoms with Gasteiger partial charge in [0.05, 0.1) is 15.1 Å². The number of aromatic nitrogens is 1. The molecular formula is C17H17Cl3N3O2+. The van der Waals surface area contributed by atoms with E-state index in [2.05, 4.69) is 9.88 Å². The van der Waals surface area contributed by atoms with Crippen LogP contribution in [-0.4, -0.2) is 43.6 Å². The molecule has 2 heterocycles. The van der Waals surface area contributed by atoms with Crippen molar-refractivity contribution in [1.82, 2.24) is 4.90 Å². The number of nitrogens with one attached hydrogen (secondary N) is 1. The second kappa shape index (κ2) is 8.13. The summed E-state index contributed by atoms with van der Waals surface area (Å²) >= 11 is 17.9. The van der Waals surface area contributed by atoms with Crippen LogP contribution in [0.4, 0.5) is 5.69 Å². The van der Waals surface area contributed by atoms with Crippen molar-refractivity contribution in [1.29, 1.82) is 0 Å². The Morgan fingerprint density at radius 3 is 2.32 bits per heavy atom. The molecule has 1 fully saturated rings. The van der Waals surface area contributed by atoms with E-state index in [1.54, 1.807) is 4.90 Å². The molecule has 1 N–H and O–H groups in total. The standard InChI is InChI=1S/C17H16Cl3N3O2/c18-13-9-15(20)16(10-14(13)19)25-11-17(24)23-7-5-22(6-8-23)12-1-3-21-4-2-12/h1-4,9-10H,5-8,11H2/p+1. The quantitative estimate of drug-likeness (QED) is 0.739. The molecule has 132 valence electrons.